The first kappa shape index (κ1) is 3.74. The van der Waals surface area contributed by atoms with Gasteiger partial charge in [0.1, 0.15) is 5.75 Å². The summed E-state index contributed by atoms with van der Waals surface area (Å²) in [5, 5.41) is 1.78. The van der Waals surface area contributed by atoms with Crippen molar-refractivity contribution in [2.75, 3.05) is 38.0 Å². The second-order valence-corrected chi connectivity index (χ2v) is 2.64. The van der Waals surface area contributed by atoms with Gasteiger partial charge in [-0.15, -0.1) is 0 Å². The first-order valence-electron chi connectivity index (χ1n) is 8.10. The van der Waals surface area contributed by atoms with Crippen molar-refractivity contribution in [2.45, 2.75) is 0 Å². The number of ether oxygens (including phenoxy) is 1. The van der Waals surface area contributed by atoms with Crippen LogP contribution in [0.2, 0.25) is 0 Å². The van der Waals surface area contributed by atoms with Crippen LogP contribution in [0.4, 0.5) is 5.69 Å². The molecule has 1 aromatic rings. The zero-order chi connectivity index (χ0) is 17.0. The molecule has 1 aliphatic heterocycles. The van der Waals surface area contributed by atoms with E-state index in [1.54, 1.807) is 11.4 Å². The molecule has 0 amide bonds. The Balaban J connectivity index is 2.66. The van der Waals surface area contributed by atoms with Crippen molar-refractivity contribution in [3.8, 4) is 5.75 Å². The van der Waals surface area contributed by atoms with Gasteiger partial charge in [0.2, 0.25) is 0 Å². The number of piperazine rings is 1. The Bertz CT molecular complexity index is 551. The summed E-state index contributed by atoms with van der Waals surface area (Å²) in [6.07, 6.45) is 0. The van der Waals surface area contributed by atoms with Gasteiger partial charge in [0.05, 0.1) is 12.6 Å². The van der Waals surface area contributed by atoms with Gasteiger partial charge in [-0.25, -0.2) is 0 Å². The van der Waals surface area contributed by atoms with Crippen LogP contribution in [0.15, 0.2) is 24.3 Å². The summed E-state index contributed by atoms with van der Waals surface area (Å²) >= 11 is 0. The summed E-state index contributed by atoms with van der Waals surface area (Å²) in [7, 11) is 1.39. The minimum Gasteiger partial charge on any atom is -0.497 e. The van der Waals surface area contributed by atoms with Crippen molar-refractivity contribution >= 4 is 5.69 Å². The SMILES string of the molecule is [2H]C1([2H])NC([2H])([2H])C([2H])([2H])N(c2cccc(OC)c2)C1([2H])[2H]. The number of nitrogens with zero attached hydrogens (tertiary/aromatic N) is 1. The quantitative estimate of drug-likeness (QED) is 0.774. The molecule has 0 spiro atoms. The van der Waals surface area contributed by atoms with Gasteiger partial charge in [0.15, 0.2) is 0 Å². The molecule has 1 N–H and O–H groups in total. The van der Waals surface area contributed by atoms with Crippen LogP contribution in [-0.4, -0.2) is 33.1 Å². The standard InChI is InChI=1S/C11H16N2O/c1-14-11-4-2-3-10(9-11)13-7-5-12-6-8-13/h2-4,9,12H,5-8H2,1H3/i5D2,6D2,7D2,8D2. The largest absolute Gasteiger partial charge is 0.497 e. The summed E-state index contributed by atoms with van der Waals surface area (Å²) in [5.74, 6) is 0.323. The molecule has 0 aromatic heterocycles. The fourth-order valence-electron chi connectivity index (χ4n) is 1.11. The molecule has 1 aliphatic rings. The lowest BCUT2D eigenvalue weighted by Gasteiger charge is -2.29. The van der Waals surface area contributed by atoms with E-state index in [0.717, 1.165) is 0 Å². The highest BCUT2D eigenvalue weighted by Crippen LogP contribution is 2.20. The molecule has 1 heterocycles. The lowest BCUT2D eigenvalue weighted by molar-refractivity contribution is 0.414. The lowest BCUT2D eigenvalue weighted by atomic mass is 10.2. The molecule has 0 unspecified atom stereocenters. The van der Waals surface area contributed by atoms with Crippen molar-refractivity contribution in [2.24, 2.45) is 0 Å². The first-order chi connectivity index (χ1) is 9.87. The highest BCUT2D eigenvalue weighted by Gasteiger charge is 2.10. The summed E-state index contributed by atoms with van der Waals surface area (Å²) in [6, 6.07) is 5.76. The smallest absolute Gasteiger partial charge is 0.120 e. The van der Waals surface area contributed by atoms with Gasteiger partial charge in [-0.3, -0.25) is 0 Å². The number of nitrogens with one attached hydrogen (secondary N) is 1. The van der Waals surface area contributed by atoms with E-state index in [-0.39, 0.29) is 5.69 Å². The molecule has 3 nitrogen and oxygen atoms in total. The van der Waals surface area contributed by atoms with Crippen molar-refractivity contribution < 1.29 is 15.7 Å². The van der Waals surface area contributed by atoms with Gasteiger partial charge >= 0.3 is 0 Å². The summed E-state index contributed by atoms with van der Waals surface area (Å²) in [6.45, 7) is -11.3. The van der Waals surface area contributed by atoms with E-state index in [1.165, 1.54) is 25.3 Å². The molecular weight excluding hydrogens is 176 g/mol. The van der Waals surface area contributed by atoms with E-state index in [0.29, 0.717) is 10.6 Å². The van der Waals surface area contributed by atoms with E-state index in [1.807, 2.05) is 0 Å². The van der Waals surface area contributed by atoms with E-state index in [4.69, 9.17) is 15.7 Å². The maximum Gasteiger partial charge on any atom is 0.120 e. The van der Waals surface area contributed by atoms with Crippen molar-refractivity contribution in [1.29, 1.82) is 0 Å². The maximum atomic E-state index is 7.99. The number of hydrogen-bond acceptors (Lipinski definition) is 3. The Labute approximate surface area is 95.9 Å². The van der Waals surface area contributed by atoms with Gasteiger partial charge in [-0.1, -0.05) is 6.07 Å². The second kappa shape index (κ2) is 4.33. The van der Waals surface area contributed by atoms with Gasteiger partial charge in [0.25, 0.3) is 0 Å². The number of benzene rings is 1. The van der Waals surface area contributed by atoms with Crippen LogP contribution < -0.4 is 15.0 Å². The molecule has 0 bridgehead atoms. The maximum absolute atomic E-state index is 7.99. The summed E-state index contributed by atoms with van der Waals surface area (Å²) in [4.78, 5) is 0.471. The Kier molecular flexibility index (Phi) is 1.16. The molecule has 1 aromatic carbocycles. The van der Waals surface area contributed by atoms with Gasteiger partial charge in [0, 0.05) is 43.2 Å². The third-order valence-corrected chi connectivity index (χ3v) is 1.77. The van der Waals surface area contributed by atoms with Crippen LogP contribution in [0.5, 0.6) is 5.75 Å². The number of hydrogen-bond donors (Lipinski definition) is 1. The molecular formula is C11H16N2O. The predicted octanol–water partition coefficient (Wildman–Crippen LogP) is 1.10. The number of rotatable bonds is 2. The second-order valence-electron chi connectivity index (χ2n) is 2.64. The van der Waals surface area contributed by atoms with E-state index in [9.17, 15) is 0 Å². The van der Waals surface area contributed by atoms with Crippen molar-refractivity contribution in [3.63, 3.8) is 0 Å². The normalized spacial score (nSPS) is 39.6. The fraction of sp³-hybridized carbons (Fsp3) is 0.455. The molecule has 2 rings (SSSR count). The van der Waals surface area contributed by atoms with Crippen LogP contribution >= 0.6 is 0 Å². The first-order valence-corrected chi connectivity index (χ1v) is 4.10. The van der Waals surface area contributed by atoms with Gasteiger partial charge < -0.3 is 15.0 Å². The Morgan fingerprint density at radius 1 is 1.43 bits per heavy atom. The molecule has 0 aliphatic carbocycles. The van der Waals surface area contributed by atoms with E-state index < -0.39 is 26.0 Å². The van der Waals surface area contributed by atoms with Crippen molar-refractivity contribution in [3.05, 3.63) is 24.3 Å². The topological polar surface area (TPSA) is 24.5 Å². The van der Waals surface area contributed by atoms with Gasteiger partial charge in [-0.2, -0.15) is 0 Å². The molecule has 3 heteroatoms. The van der Waals surface area contributed by atoms with Crippen LogP contribution in [0, 0.1) is 0 Å². The molecule has 76 valence electrons. The molecule has 1 saturated heterocycles. The molecule has 1 fully saturated rings. The molecule has 0 atom stereocenters. The Morgan fingerprint density at radius 2 is 2.21 bits per heavy atom. The van der Waals surface area contributed by atoms with Crippen LogP contribution in [0.3, 0.4) is 0 Å². The third-order valence-electron chi connectivity index (χ3n) is 1.77. The molecule has 14 heavy (non-hydrogen) atoms. The highest BCUT2D eigenvalue weighted by atomic mass is 16.5. The lowest BCUT2D eigenvalue weighted by Crippen LogP contribution is -2.43. The van der Waals surface area contributed by atoms with Gasteiger partial charge in [-0.05, 0) is 12.1 Å². The summed E-state index contributed by atoms with van der Waals surface area (Å²) in [5.41, 5.74) is -0.0244. The average Bonchev–Trinajstić information content (AvgIpc) is 2.35. The van der Waals surface area contributed by atoms with E-state index in [2.05, 4.69) is 0 Å². The Morgan fingerprint density at radius 3 is 2.93 bits per heavy atom. The predicted molar refractivity (Wildman–Crippen MR) is 58.1 cm³/mol. The highest BCUT2D eigenvalue weighted by molar-refractivity contribution is 5.51. The minimum atomic E-state index is -2.84. The van der Waals surface area contributed by atoms with E-state index >= 15 is 0 Å². The monoisotopic (exact) mass is 200 g/mol. The zero-order valence-electron chi connectivity index (χ0n) is 15.7. The number of anilines is 1. The third kappa shape index (κ3) is 1.99. The van der Waals surface area contributed by atoms with Crippen LogP contribution in [0.25, 0.3) is 0 Å². The van der Waals surface area contributed by atoms with Crippen LogP contribution in [0.1, 0.15) is 11.0 Å². The summed E-state index contributed by atoms with van der Waals surface area (Å²) < 4.78 is 67.9. The zero-order valence-corrected chi connectivity index (χ0v) is 7.66. The fourth-order valence-corrected chi connectivity index (χ4v) is 1.11. The number of methoxy groups -OCH3 is 1. The van der Waals surface area contributed by atoms with Crippen LogP contribution in [-0.2, 0) is 0 Å². The molecule has 0 radical (unpaired) electrons. The molecule has 0 saturated carbocycles. The van der Waals surface area contributed by atoms with Crippen molar-refractivity contribution in [1.82, 2.24) is 5.32 Å². The minimum absolute atomic E-state index is 0.0244. The average molecular weight is 200 g/mol. The Hall–Kier alpha value is -1.22.